The maximum absolute atomic E-state index is 13.2. The quantitative estimate of drug-likeness (QED) is 0.409. The predicted octanol–water partition coefficient (Wildman–Crippen LogP) is 6.21. The fourth-order valence-corrected chi connectivity index (χ4v) is 4.41. The zero-order valence-corrected chi connectivity index (χ0v) is 20.3. The molecule has 3 aromatic carbocycles. The summed E-state index contributed by atoms with van der Waals surface area (Å²) in [5, 5.41) is 6.62. The number of anilines is 2. The Kier molecular flexibility index (Phi) is 8.09. The predicted molar refractivity (Wildman–Crippen MR) is 139 cm³/mol. The van der Waals surface area contributed by atoms with E-state index in [0.717, 1.165) is 38.0 Å². The fourth-order valence-electron chi connectivity index (χ4n) is 4.11. The van der Waals surface area contributed by atoms with Gasteiger partial charge in [0.05, 0.1) is 15.6 Å². The summed E-state index contributed by atoms with van der Waals surface area (Å²) in [5.74, 6) is -0.470. The molecule has 0 radical (unpaired) electrons. The number of amides is 2. The molecule has 0 aliphatic carbocycles. The van der Waals surface area contributed by atoms with Crippen molar-refractivity contribution in [2.75, 3.05) is 29.9 Å². The number of carbonyl (C=O) groups is 2. The first kappa shape index (κ1) is 24.1. The molecule has 1 fully saturated rings. The van der Waals surface area contributed by atoms with Gasteiger partial charge in [-0.2, -0.15) is 0 Å². The molecule has 5 nitrogen and oxygen atoms in total. The van der Waals surface area contributed by atoms with E-state index < -0.39 is 0 Å². The van der Waals surface area contributed by atoms with Gasteiger partial charge in [0.1, 0.15) is 0 Å². The average molecular weight is 496 g/mol. The highest BCUT2D eigenvalue weighted by atomic mass is 35.5. The molecule has 2 N–H and O–H groups in total. The third-order valence-electron chi connectivity index (χ3n) is 5.92. The molecule has 2 amide bonds. The van der Waals surface area contributed by atoms with Crippen LogP contribution in [0.1, 0.15) is 45.5 Å². The molecule has 1 saturated heterocycles. The highest BCUT2D eigenvalue weighted by molar-refractivity contribution is 6.42. The smallest absolute Gasteiger partial charge is 0.255 e. The maximum Gasteiger partial charge on any atom is 0.255 e. The van der Waals surface area contributed by atoms with Crippen molar-refractivity contribution in [2.45, 2.75) is 25.7 Å². The van der Waals surface area contributed by atoms with Crippen LogP contribution >= 0.6 is 23.2 Å². The molecule has 1 aliphatic rings. The lowest BCUT2D eigenvalue weighted by Gasteiger charge is -2.30. The number of hydrogen-bond donors (Lipinski definition) is 2. The molecule has 7 heteroatoms. The van der Waals surface area contributed by atoms with Gasteiger partial charge in [-0.25, -0.2) is 0 Å². The third kappa shape index (κ3) is 6.10. The number of benzene rings is 3. The molecule has 0 atom stereocenters. The minimum Gasteiger partial charge on any atom is -0.371 e. The van der Waals surface area contributed by atoms with Gasteiger partial charge in [-0.15, -0.1) is 0 Å². The van der Waals surface area contributed by atoms with E-state index in [1.807, 2.05) is 42.5 Å². The van der Waals surface area contributed by atoms with Crippen molar-refractivity contribution in [2.24, 2.45) is 0 Å². The Balaban J connectivity index is 1.52. The van der Waals surface area contributed by atoms with Crippen molar-refractivity contribution in [1.82, 2.24) is 5.32 Å². The number of halogens is 2. The molecule has 0 spiro atoms. The van der Waals surface area contributed by atoms with Crippen LogP contribution in [0, 0.1) is 0 Å². The van der Waals surface area contributed by atoms with E-state index >= 15 is 0 Å². The topological polar surface area (TPSA) is 61.4 Å². The number of carbonyl (C=O) groups excluding carboxylic acids is 2. The largest absolute Gasteiger partial charge is 0.371 e. The van der Waals surface area contributed by atoms with Crippen LogP contribution in [-0.4, -0.2) is 31.4 Å². The van der Waals surface area contributed by atoms with Crippen molar-refractivity contribution in [3.05, 3.63) is 93.5 Å². The summed E-state index contributed by atoms with van der Waals surface area (Å²) in [5.41, 5.74) is 3.56. The van der Waals surface area contributed by atoms with Gasteiger partial charge in [0.25, 0.3) is 11.8 Å². The van der Waals surface area contributed by atoms with Crippen LogP contribution in [0.2, 0.25) is 10.0 Å². The lowest BCUT2D eigenvalue weighted by atomic mass is 10.1. The summed E-state index contributed by atoms with van der Waals surface area (Å²) in [6.45, 7) is 2.36. The summed E-state index contributed by atoms with van der Waals surface area (Å²) in [6, 6.07) is 20.3. The van der Waals surface area contributed by atoms with Crippen molar-refractivity contribution in [3.63, 3.8) is 0 Å². The second-order valence-electron chi connectivity index (χ2n) is 8.35. The number of rotatable bonds is 7. The minimum atomic E-state index is -0.320. The monoisotopic (exact) mass is 495 g/mol. The Morgan fingerprint density at radius 3 is 2.32 bits per heavy atom. The first-order chi connectivity index (χ1) is 16.5. The fraction of sp³-hybridized carbons (Fsp3) is 0.259. The first-order valence-electron chi connectivity index (χ1n) is 11.5. The highest BCUT2D eigenvalue weighted by Gasteiger charge is 2.20. The van der Waals surface area contributed by atoms with Crippen LogP contribution in [0.4, 0.5) is 11.4 Å². The lowest BCUT2D eigenvalue weighted by Crippen LogP contribution is -2.33. The second-order valence-corrected chi connectivity index (χ2v) is 9.17. The van der Waals surface area contributed by atoms with E-state index in [4.69, 9.17) is 23.2 Å². The van der Waals surface area contributed by atoms with Crippen LogP contribution in [0.3, 0.4) is 0 Å². The highest BCUT2D eigenvalue weighted by Crippen LogP contribution is 2.28. The zero-order chi connectivity index (χ0) is 23.9. The van der Waals surface area contributed by atoms with Crippen LogP contribution in [-0.2, 0) is 6.42 Å². The number of nitrogens with one attached hydrogen (secondary N) is 2. The minimum absolute atomic E-state index is 0.151. The molecule has 1 aliphatic heterocycles. The van der Waals surface area contributed by atoms with Crippen LogP contribution in [0.15, 0.2) is 66.7 Å². The molecule has 34 heavy (non-hydrogen) atoms. The van der Waals surface area contributed by atoms with Gasteiger partial charge in [-0.3, -0.25) is 9.59 Å². The van der Waals surface area contributed by atoms with Crippen molar-refractivity contribution in [1.29, 1.82) is 0 Å². The zero-order valence-electron chi connectivity index (χ0n) is 18.8. The summed E-state index contributed by atoms with van der Waals surface area (Å²) >= 11 is 12.0. The Morgan fingerprint density at radius 2 is 1.59 bits per heavy atom. The molecular formula is C27H27Cl2N3O2. The molecule has 0 bridgehead atoms. The summed E-state index contributed by atoms with van der Waals surface area (Å²) < 4.78 is 0. The van der Waals surface area contributed by atoms with Crippen LogP contribution in [0.5, 0.6) is 0 Å². The standard InChI is InChI=1S/C27H27Cl2N3O2/c28-23-11-9-20(17-24(23)29)26(33)31-21-10-12-25(32-15-5-2-6-16-32)22(18-21)27(34)30-14-13-19-7-3-1-4-8-19/h1,3-4,7-12,17-18H,2,5-6,13-16H2,(H,30,34)(H,31,33). The molecule has 3 aromatic rings. The maximum atomic E-state index is 13.2. The van der Waals surface area contributed by atoms with Gasteiger partial charge < -0.3 is 15.5 Å². The van der Waals surface area contributed by atoms with E-state index in [1.54, 1.807) is 18.2 Å². The normalized spacial score (nSPS) is 13.4. The Labute approximate surface area is 210 Å². The Hall–Kier alpha value is -3.02. The molecule has 1 heterocycles. The Bertz CT molecular complexity index is 1160. The lowest BCUT2D eigenvalue weighted by molar-refractivity contribution is 0.0953. The summed E-state index contributed by atoms with van der Waals surface area (Å²) in [7, 11) is 0. The summed E-state index contributed by atoms with van der Waals surface area (Å²) in [4.78, 5) is 28.2. The van der Waals surface area contributed by atoms with Crippen molar-refractivity contribution < 1.29 is 9.59 Å². The SMILES string of the molecule is O=C(Nc1ccc(N2CCCCC2)c(C(=O)NCCc2ccccc2)c1)c1ccc(Cl)c(Cl)c1. The number of nitrogens with zero attached hydrogens (tertiary/aromatic N) is 1. The van der Waals surface area contributed by atoms with Gasteiger partial charge in [0.2, 0.25) is 0 Å². The van der Waals surface area contributed by atoms with Gasteiger partial charge in [-0.05, 0) is 67.6 Å². The van der Waals surface area contributed by atoms with E-state index in [2.05, 4.69) is 15.5 Å². The first-order valence-corrected chi connectivity index (χ1v) is 12.2. The molecule has 176 valence electrons. The van der Waals surface area contributed by atoms with Crippen LogP contribution < -0.4 is 15.5 Å². The van der Waals surface area contributed by atoms with E-state index in [0.29, 0.717) is 33.4 Å². The molecule has 0 aromatic heterocycles. The molecular weight excluding hydrogens is 469 g/mol. The summed E-state index contributed by atoms with van der Waals surface area (Å²) in [6.07, 6.45) is 4.15. The van der Waals surface area contributed by atoms with Crippen molar-refractivity contribution in [3.8, 4) is 0 Å². The van der Waals surface area contributed by atoms with Gasteiger partial charge in [-0.1, -0.05) is 53.5 Å². The molecule has 4 rings (SSSR count). The van der Waals surface area contributed by atoms with Gasteiger partial charge in [0.15, 0.2) is 0 Å². The number of piperidine rings is 1. The average Bonchev–Trinajstić information content (AvgIpc) is 2.86. The van der Waals surface area contributed by atoms with Gasteiger partial charge >= 0.3 is 0 Å². The van der Waals surface area contributed by atoms with Gasteiger partial charge in [0, 0.05) is 36.6 Å². The van der Waals surface area contributed by atoms with E-state index in [9.17, 15) is 9.59 Å². The van der Waals surface area contributed by atoms with E-state index in [1.165, 1.54) is 18.1 Å². The molecule has 0 saturated carbocycles. The second kappa shape index (κ2) is 11.4. The van der Waals surface area contributed by atoms with E-state index in [-0.39, 0.29) is 11.8 Å². The van der Waals surface area contributed by atoms with Crippen LogP contribution in [0.25, 0.3) is 0 Å². The van der Waals surface area contributed by atoms with Crippen molar-refractivity contribution >= 4 is 46.4 Å². The number of hydrogen-bond acceptors (Lipinski definition) is 3. The Morgan fingerprint density at radius 1 is 0.824 bits per heavy atom. The third-order valence-corrected chi connectivity index (χ3v) is 6.66. The molecule has 0 unspecified atom stereocenters.